The van der Waals surface area contributed by atoms with Crippen LogP contribution in [0.25, 0.3) is 0 Å². The van der Waals surface area contributed by atoms with Crippen LogP contribution in [0.4, 0.5) is 0 Å². The van der Waals surface area contributed by atoms with Crippen molar-refractivity contribution < 1.29 is 9.09 Å². The molecule has 14 heavy (non-hydrogen) atoms. The van der Waals surface area contributed by atoms with Crippen molar-refractivity contribution in [1.82, 2.24) is 0 Å². The van der Waals surface area contributed by atoms with Crippen LogP contribution in [0, 0.1) is 0 Å². The molecule has 0 amide bonds. The van der Waals surface area contributed by atoms with Gasteiger partial charge in [0.15, 0.2) is 0 Å². The molecule has 5 heteroatoms. The topological polar surface area (TPSA) is 26.3 Å². The van der Waals surface area contributed by atoms with Gasteiger partial charge in [0.2, 0.25) is 0 Å². The Morgan fingerprint density at radius 2 is 2.07 bits per heavy atom. The summed E-state index contributed by atoms with van der Waals surface area (Å²) in [5.41, 5.74) is 0. The van der Waals surface area contributed by atoms with Crippen molar-refractivity contribution in [2.24, 2.45) is 0 Å². The summed E-state index contributed by atoms with van der Waals surface area (Å²) >= 11 is 2.77. The van der Waals surface area contributed by atoms with Crippen molar-refractivity contribution in [2.75, 3.05) is 12.4 Å². The largest absolute Gasteiger partial charge is 0.317 e. The van der Waals surface area contributed by atoms with E-state index < -0.39 is 5.77 Å². The van der Waals surface area contributed by atoms with Gasteiger partial charge in [-0.2, -0.15) is 0 Å². The summed E-state index contributed by atoms with van der Waals surface area (Å²) in [6.07, 6.45) is 4.00. The summed E-state index contributed by atoms with van der Waals surface area (Å²) in [5, 5.41) is 1.89. The van der Waals surface area contributed by atoms with Crippen LogP contribution in [-0.2, 0) is 9.09 Å². The van der Waals surface area contributed by atoms with Crippen molar-refractivity contribution in [2.45, 2.75) is 33.6 Å². The highest BCUT2D eigenvalue weighted by Gasteiger charge is 2.22. The van der Waals surface area contributed by atoms with Gasteiger partial charge >= 0.3 is 5.77 Å². The molecule has 0 rings (SSSR count). The molecule has 0 spiro atoms. The van der Waals surface area contributed by atoms with Crippen LogP contribution in [0.15, 0.2) is 11.5 Å². The fraction of sp³-hybridized carbons (Fsp3) is 0.778. The van der Waals surface area contributed by atoms with E-state index in [2.05, 4.69) is 13.8 Å². The first kappa shape index (κ1) is 14.6. The number of rotatable bonds is 8. The molecule has 1 atom stereocenters. The zero-order chi connectivity index (χ0) is 10.9. The summed E-state index contributed by atoms with van der Waals surface area (Å²) in [5.74, 6) is -1.63. The van der Waals surface area contributed by atoms with Gasteiger partial charge in [-0.1, -0.05) is 31.3 Å². The lowest BCUT2D eigenvalue weighted by molar-refractivity contribution is 0.357. The maximum absolute atomic E-state index is 12.1. The molecule has 0 aliphatic rings. The molecule has 0 aliphatic heterocycles. The first-order valence-electron chi connectivity index (χ1n) is 4.91. The molecule has 1 unspecified atom stereocenters. The molecule has 0 radical (unpaired) electrons. The highest BCUT2D eigenvalue weighted by Crippen LogP contribution is 2.70. The molecule has 0 aliphatic carbocycles. The number of hydrogen-bond acceptors (Lipinski definition) is 4. The molecule has 0 aromatic rings. The van der Waals surface area contributed by atoms with Crippen LogP contribution in [-0.4, -0.2) is 12.4 Å². The fourth-order valence-electron chi connectivity index (χ4n) is 0.673. The molecule has 0 N–H and O–H groups in total. The molecule has 0 bridgehead atoms. The fourth-order valence-corrected chi connectivity index (χ4v) is 6.83. The zero-order valence-electron chi connectivity index (χ0n) is 9.06. The van der Waals surface area contributed by atoms with E-state index in [1.807, 2.05) is 18.4 Å². The molecule has 0 fully saturated rings. The van der Waals surface area contributed by atoms with E-state index in [1.54, 1.807) is 0 Å². The van der Waals surface area contributed by atoms with E-state index in [-0.39, 0.29) is 0 Å². The minimum atomic E-state index is -2.52. The maximum Gasteiger partial charge on any atom is 0.317 e. The molecule has 84 valence electrons. The van der Waals surface area contributed by atoms with Gasteiger partial charge in [-0.05, 0) is 36.6 Å². The molecule has 0 aromatic carbocycles. The van der Waals surface area contributed by atoms with E-state index in [0.29, 0.717) is 6.61 Å². The van der Waals surface area contributed by atoms with Crippen LogP contribution in [0.5, 0.6) is 0 Å². The number of hydrogen-bond donors (Lipinski definition) is 0. The Bertz CT molecular complexity index is 207. The van der Waals surface area contributed by atoms with Crippen LogP contribution >= 0.6 is 28.5 Å². The van der Waals surface area contributed by atoms with E-state index in [0.717, 1.165) is 18.6 Å². The molecule has 0 saturated carbocycles. The first-order valence-corrected chi connectivity index (χ1v) is 9.61. The average Bonchev–Trinajstić information content (AvgIpc) is 2.16. The standard InChI is InChI=1S/C9H19O2PS2/c1-4-7-9-14-12(10,11-6-3)13-8-5-2/h7,9H,4-6,8H2,1-3H3. The monoisotopic (exact) mass is 254 g/mol. The second-order valence-electron chi connectivity index (χ2n) is 2.58. The Hall–Kier alpha value is 0.630. The predicted molar refractivity (Wildman–Crippen MR) is 69.0 cm³/mol. The summed E-state index contributed by atoms with van der Waals surface area (Å²) < 4.78 is 17.4. The average molecular weight is 254 g/mol. The van der Waals surface area contributed by atoms with Gasteiger partial charge in [-0.15, -0.1) is 0 Å². The van der Waals surface area contributed by atoms with Gasteiger partial charge in [0.25, 0.3) is 0 Å². The SMILES string of the molecule is CCC=CSP(=O)(OCC)SCCC. The Balaban J connectivity index is 4.09. The zero-order valence-corrected chi connectivity index (χ0v) is 11.6. The van der Waals surface area contributed by atoms with Gasteiger partial charge < -0.3 is 4.52 Å². The highest BCUT2D eigenvalue weighted by molar-refractivity contribution is 8.89. The van der Waals surface area contributed by atoms with Gasteiger partial charge in [0, 0.05) is 5.75 Å². The second-order valence-corrected chi connectivity index (χ2v) is 9.87. The van der Waals surface area contributed by atoms with Crippen LogP contribution in [0.3, 0.4) is 0 Å². The summed E-state index contributed by atoms with van der Waals surface area (Å²) in [4.78, 5) is 0. The quantitative estimate of drug-likeness (QED) is 0.574. The Labute approximate surface area is 95.2 Å². The Morgan fingerprint density at radius 3 is 2.57 bits per heavy atom. The minimum absolute atomic E-state index is 0.515. The van der Waals surface area contributed by atoms with Gasteiger partial charge in [-0.25, -0.2) is 0 Å². The molecule has 2 nitrogen and oxygen atoms in total. The van der Waals surface area contributed by atoms with Crippen molar-refractivity contribution in [3.05, 3.63) is 11.5 Å². The summed E-state index contributed by atoms with van der Waals surface area (Å²) in [7, 11) is 0. The van der Waals surface area contributed by atoms with Crippen LogP contribution in [0.1, 0.15) is 33.6 Å². The minimum Gasteiger partial charge on any atom is -0.314 e. The van der Waals surface area contributed by atoms with E-state index in [1.165, 1.54) is 22.8 Å². The normalized spacial score (nSPS) is 15.9. The van der Waals surface area contributed by atoms with E-state index in [9.17, 15) is 4.57 Å². The molecule has 0 heterocycles. The lowest BCUT2D eigenvalue weighted by Crippen LogP contribution is -1.83. The molecular formula is C9H19O2PS2. The first-order chi connectivity index (χ1) is 6.68. The van der Waals surface area contributed by atoms with Crippen molar-refractivity contribution in [3.63, 3.8) is 0 Å². The lowest BCUT2D eigenvalue weighted by atomic mass is 10.5. The predicted octanol–water partition coefficient (Wildman–Crippen LogP) is 4.93. The van der Waals surface area contributed by atoms with Crippen molar-refractivity contribution in [3.8, 4) is 0 Å². The van der Waals surface area contributed by atoms with E-state index >= 15 is 0 Å². The Kier molecular flexibility index (Phi) is 9.30. The van der Waals surface area contributed by atoms with Crippen LogP contribution in [0.2, 0.25) is 0 Å². The summed E-state index contributed by atoms with van der Waals surface area (Å²) in [6, 6.07) is 0. The van der Waals surface area contributed by atoms with Crippen molar-refractivity contribution >= 4 is 28.5 Å². The second kappa shape index (κ2) is 8.90. The molecular weight excluding hydrogens is 235 g/mol. The van der Waals surface area contributed by atoms with Crippen LogP contribution < -0.4 is 0 Å². The third kappa shape index (κ3) is 6.99. The van der Waals surface area contributed by atoms with Crippen molar-refractivity contribution in [1.29, 1.82) is 0 Å². The molecule has 0 aromatic heterocycles. The van der Waals surface area contributed by atoms with E-state index in [4.69, 9.17) is 4.52 Å². The summed E-state index contributed by atoms with van der Waals surface area (Å²) in [6.45, 7) is 6.53. The smallest absolute Gasteiger partial charge is 0.314 e. The number of allylic oxidation sites excluding steroid dienone is 1. The molecule has 0 saturated heterocycles. The Morgan fingerprint density at radius 1 is 1.36 bits per heavy atom. The maximum atomic E-state index is 12.1. The van der Waals surface area contributed by atoms with Gasteiger partial charge in [0.1, 0.15) is 0 Å². The van der Waals surface area contributed by atoms with Gasteiger partial charge in [0.05, 0.1) is 6.61 Å². The lowest BCUT2D eigenvalue weighted by Gasteiger charge is -2.13. The third-order valence-corrected chi connectivity index (χ3v) is 8.31. The third-order valence-electron chi connectivity index (χ3n) is 1.26. The highest BCUT2D eigenvalue weighted by atomic mass is 33.1. The van der Waals surface area contributed by atoms with Gasteiger partial charge in [-0.3, -0.25) is 4.57 Å².